The van der Waals surface area contributed by atoms with Crippen molar-refractivity contribution in [2.24, 2.45) is 0 Å². The molecule has 3 aromatic rings. The summed E-state index contributed by atoms with van der Waals surface area (Å²) in [5.41, 5.74) is 0.992. The summed E-state index contributed by atoms with van der Waals surface area (Å²) in [6, 6.07) is 23.3. The van der Waals surface area contributed by atoms with Crippen LogP contribution in [-0.2, 0) is 26.8 Å². The number of piperidine rings is 1. The highest BCUT2D eigenvalue weighted by molar-refractivity contribution is 6.05. The largest absolute Gasteiger partial charge is 0.456 e. The number of hydrogen-bond donors (Lipinski definition) is 0. The Balaban J connectivity index is 1.13. The van der Waals surface area contributed by atoms with E-state index in [4.69, 9.17) is 4.74 Å². The van der Waals surface area contributed by atoms with Crippen LogP contribution in [0.2, 0.25) is 0 Å². The molecular formula is C36H40F2N4O4. The van der Waals surface area contributed by atoms with Crippen LogP contribution in [0.1, 0.15) is 61.5 Å². The lowest BCUT2D eigenvalue weighted by molar-refractivity contribution is -0.141. The molecule has 0 aromatic heterocycles. The number of esters is 1. The average Bonchev–Trinajstić information content (AvgIpc) is 3.40. The van der Waals surface area contributed by atoms with Crippen LogP contribution in [0.4, 0.5) is 20.2 Å². The molecule has 8 nitrogen and oxygen atoms in total. The van der Waals surface area contributed by atoms with E-state index < -0.39 is 28.9 Å². The van der Waals surface area contributed by atoms with Gasteiger partial charge < -0.3 is 24.3 Å². The minimum Gasteiger partial charge on any atom is -0.456 e. The monoisotopic (exact) mass is 630 g/mol. The lowest BCUT2D eigenvalue weighted by Crippen LogP contribution is -2.56. The third-order valence-corrected chi connectivity index (χ3v) is 9.10. The van der Waals surface area contributed by atoms with Gasteiger partial charge in [0.2, 0.25) is 5.91 Å². The fourth-order valence-electron chi connectivity index (χ4n) is 6.87. The molecule has 0 unspecified atom stereocenters. The second kappa shape index (κ2) is 12.1. The Labute approximate surface area is 268 Å². The molecule has 46 heavy (non-hydrogen) atoms. The Bertz CT molecular complexity index is 1620. The van der Waals surface area contributed by atoms with Crippen LogP contribution in [0.25, 0.3) is 0 Å². The number of hydrogen-bond acceptors (Lipinski definition) is 6. The van der Waals surface area contributed by atoms with Crippen molar-refractivity contribution in [1.82, 2.24) is 9.80 Å². The number of nitrogens with zero attached hydrogens (tertiary/aromatic N) is 4. The Kier molecular flexibility index (Phi) is 8.35. The molecule has 1 spiro atoms. The van der Waals surface area contributed by atoms with Gasteiger partial charge in [0.25, 0.3) is 0 Å². The second-order valence-corrected chi connectivity index (χ2v) is 13.4. The van der Waals surface area contributed by atoms with E-state index in [0.29, 0.717) is 57.7 Å². The zero-order chi connectivity index (χ0) is 32.7. The van der Waals surface area contributed by atoms with Gasteiger partial charge in [-0.05, 0) is 82.5 Å². The van der Waals surface area contributed by atoms with Crippen molar-refractivity contribution in [3.05, 3.63) is 95.6 Å². The van der Waals surface area contributed by atoms with Crippen LogP contribution in [0, 0.1) is 0 Å². The van der Waals surface area contributed by atoms with E-state index in [1.54, 1.807) is 24.3 Å². The first-order valence-corrected chi connectivity index (χ1v) is 15.9. The van der Waals surface area contributed by atoms with E-state index >= 15 is 0 Å². The number of carbonyl (C=O) groups excluding carboxylic acids is 3. The van der Waals surface area contributed by atoms with Gasteiger partial charge in [0.15, 0.2) is 0 Å². The molecule has 3 aliphatic heterocycles. The Morgan fingerprint density at radius 3 is 2.28 bits per heavy atom. The Morgan fingerprint density at radius 1 is 0.870 bits per heavy atom. The first-order chi connectivity index (χ1) is 21.9. The van der Waals surface area contributed by atoms with E-state index in [1.807, 2.05) is 68.1 Å². The molecule has 10 heteroatoms. The van der Waals surface area contributed by atoms with Gasteiger partial charge in [-0.1, -0.05) is 48.5 Å². The fourth-order valence-corrected chi connectivity index (χ4v) is 6.87. The molecule has 3 heterocycles. The highest BCUT2D eigenvalue weighted by Crippen LogP contribution is 2.44. The Morgan fingerprint density at radius 2 is 1.57 bits per heavy atom. The number of fused-ring (bicyclic) bond motifs is 1. The third kappa shape index (κ3) is 5.98. The number of alkyl halides is 2. The lowest BCUT2D eigenvalue weighted by Gasteiger charge is -2.43. The summed E-state index contributed by atoms with van der Waals surface area (Å²) < 4.78 is 34.7. The normalized spacial score (nSPS) is 19.2. The number of rotatable bonds is 8. The van der Waals surface area contributed by atoms with Crippen LogP contribution < -0.4 is 9.80 Å². The maximum Gasteiger partial charge on any atom is 0.352 e. The van der Waals surface area contributed by atoms with Crippen LogP contribution in [-0.4, -0.2) is 71.6 Å². The van der Waals surface area contributed by atoms with Crippen LogP contribution >= 0.6 is 0 Å². The molecular weight excluding hydrogens is 590 g/mol. The lowest BCUT2D eigenvalue weighted by atomic mass is 9.85. The molecule has 6 rings (SSSR count). The van der Waals surface area contributed by atoms with E-state index in [2.05, 4.69) is 9.80 Å². The van der Waals surface area contributed by atoms with Crippen molar-refractivity contribution < 1.29 is 27.9 Å². The summed E-state index contributed by atoms with van der Waals surface area (Å²) in [6.45, 7) is 8.44. The van der Waals surface area contributed by atoms with Crippen molar-refractivity contribution in [3.8, 4) is 0 Å². The maximum atomic E-state index is 14.6. The van der Waals surface area contributed by atoms with Gasteiger partial charge in [0.05, 0.1) is 23.5 Å². The number of anilines is 2. The molecule has 0 radical (unpaired) electrons. The number of carbonyl (C=O) groups is 3. The summed E-state index contributed by atoms with van der Waals surface area (Å²) in [5, 5.41) is 0. The van der Waals surface area contributed by atoms with Gasteiger partial charge >= 0.3 is 17.8 Å². The second-order valence-electron chi connectivity index (χ2n) is 13.4. The third-order valence-electron chi connectivity index (χ3n) is 9.10. The van der Waals surface area contributed by atoms with Gasteiger partial charge in [-0.2, -0.15) is 8.78 Å². The summed E-state index contributed by atoms with van der Waals surface area (Å²) in [5.74, 6) is -5.01. The van der Waals surface area contributed by atoms with E-state index in [1.165, 1.54) is 17.0 Å². The molecule has 3 aliphatic rings. The van der Waals surface area contributed by atoms with Gasteiger partial charge in [-0.15, -0.1) is 0 Å². The molecule has 0 atom stereocenters. The van der Waals surface area contributed by atoms with Crippen molar-refractivity contribution in [2.75, 3.05) is 42.6 Å². The van der Waals surface area contributed by atoms with Crippen molar-refractivity contribution in [3.63, 3.8) is 0 Å². The predicted octanol–water partition coefficient (Wildman–Crippen LogP) is 5.81. The first-order valence-electron chi connectivity index (χ1n) is 15.9. The average molecular weight is 631 g/mol. The van der Waals surface area contributed by atoms with Gasteiger partial charge in [0, 0.05) is 31.9 Å². The highest BCUT2D eigenvalue weighted by Gasteiger charge is 2.54. The van der Waals surface area contributed by atoms with Gasteiger partial charge in [0.1, 0.15) is 11.1 Å². The van der Waals surface area contributed by atoms with Gasteiger partial charge in [-0.3, -0.25) is 9.59 Å². The first kappa shape index (κ1) is 31.7. The van der Waals surface area contributed by atoms with E-state index in [-0.39, 0.29) is 23.7 Å². The van der Waals surface area contributed by atoms with E-state index in [9.17, 15) is 23.2 Å². The molecule has 0 N–H and O–H groups in total. The molecule has 2 saturated heterocycles. The summed E-state index contributed by atoms with van der Waals surface area (Å²) in [6.07, 6.45) is 1.76. The van der Waals surface area contributed by atoms with Crippen molar-refractivity contribution >= 4 is 29.2 Å². The standard InChI is InChI=1S/C36H40F2N4O4/c1-34(2,3)46-31(43)27-12-9-11-26(23-27)24-40-25-42(28-13-5-4-6-14-28)35(32(40)44)17-21-39(22-18-35)19-10-20-41-30-16-8-7-15-29(30)36(37,38)33(41)45/h4-9,11-16,23H,10,17-22,24-25H2,1-3H3. The predicted molar refractivity (Wildman–Crippen MR) is 172 cm³/mol. The highest BCUT2D eigenvalue weighted by atomic mass is 19.3. The Hall–Kier alpha value is -4.31. The van der Waals surface area contributed by atoms with Gasteiger partial charge in [-0.25, -0.2) is 4.79 Å². The fraction of sp³-hybridized carbons (Fsp3) is 0.417. The topological polar surface area (TPSA) is 73.4 Å². The molecule has 0 bridgehead atoms. The number of para-hydroxylation sites is 2. The zero-order valence-electron chi connectivity index (χ0n) is 26.5. The minimum atomic E-state index is -3.50. The van der Waals surface area contributed by atoms with Crippen molar-refractivity contribution in [2.45, 2.75) is 63.6 Å². The number of likely N-dealkylation sites (tertiary alicyclic amines) is 1. The smallest absolute Gasteiger partial charge is 0.352 e. The minimum absolute atomic E-state index is 0.0557. The number of amides is 2. The van der Waals surface area contributed by atoms with Crippen LogP contribution in [0.3, 0.4) is 0 Å². The van der Waals surface area contributed by atoms with E-state index in [0.717, 1.165) is 11.3 Å². The summed E-state index contributed by atoms with van der Waals surface area (Å²) >= 11 is 0. The summed E-state index contributed by atoms with van der Waals surface area (Å²) in [4.78, 5) is 47.0. The molecule has 2 fully saturated rings. The zero-order valence-corrected chi connectivity index (χ0v) is 26.5. The SMILES string of the molecule is CC(C)(C)OC(=O)c1cccc(CN2CN(c3ccccc3)C3(CCN(CCCN4C(=O)C(F)(F)c5ccccc54)CC3)C2=O)c1. The molecule has 0 saturated carbocycles. The molecule has 2 amide bonds. The van der Waals surface area contributed by atoms with Crippen LogP contribution in [0.5, 0.6) is 0 Å². The maximum absolute atomic E-state index is 14.6. The molecule has 0 aliphatic carbocycles. The quantitative estimate of drug-likeness (QED) is 0.293. The number of halogens is 2. The van der Waals surface area contributed by atoms with Crippen LogP contribution in [0.15, 0.2) is 78.9 Å². The number of ether oxygens (including phenoxy) is 1. The summed E-state index contributed by atoms with van der Waals surface area (Å²) in [7, 11) is 0. The molecule has 242 valence electrons. The molecule has 3 aromatic carbocycles. The van der Waals surface area contributed by atoms with Crippen molar-refractivity contribution in [1.29, 1.82) is 0 Å². The number of benzene rings is 3.